The Balaban J connectivity index is 2.40. The molecule has 0 fully saturated rings. The Morgan fingerprint density at radius 3 is 2.71 bits per heavy atom. The minimum atomic E-state index is -0.324. The van der Waals surface area contributed by atoms with Crippen molar-refractivity contribution in [1.29, 1.82) is 0 Å². The lowest BCUT2D eigenvalue weighted by atomic mass is 10.0. The van der Waals surface area contributed by atoms with E-state index in [1.54, 1.807) is 12.1 Å². The van der Waals surface area contributed by atoms with Crippen LogP contribution in [0.25, 0.3) is 0 Å². The summed E-state index contributed by atoms with van der Waals surface area (Å²) in [6.45, 7) is 0.662. The van der Waals surface area contributed by atoms with Gasteiger partial charge in [0.25, 0.3) is 0 Å². The number of rotatable bonds is 7. The maximum absolute atomic E-state index is 13.5. The second kappa shape index (κ2) is 7.56. The van der Waals surface area contributed by atoms with E-state index in [0.29, 0.717) is 23.0 Å². The van der Waals surface area contributed by atoms with Crippen LogP contribution in [0.4, 0.5) is 4.39 Å². The zero-order valence-corrected chi connectivity index (χ0v) is 11.3. The number of carbonyl (C=O) groups excluding carboxylic acids is 1. The van der Waals surface area contributed by atoms with Crippen molar-refractivity contribution >= 4 is 21.7 Å². The van der Waals surface area contributed by atoms with Gasteiger partial charge in [0.1, 0.15) is 11.6 Å². The molecule has 0 heterocycles. The number of Topliss-reactive ketones (excluding diaryl/α,β-unsaturated/α-hetero) is 1. The van der Waals surface area contributed by atoms with Gasteiger partial charge in [-0.2, -0.15) is 0 Å². The summed E-state index contributed by atoms with van der Waals surface area (Å²) in [4.78, 5) is 11.6. The van der Waals surface area contributed by atoms with Gasteiger partial charge in [-0.1, -0.05) is 28.4 Å². The van der Waals surface area contributed by atoms with Crippen LogP contribution in [-0.2, 0) is 11.2 Å². The van der Waals surface area contributed by atoms with Crippen LogP contribution in [0.2, 0.25) is 0 Å². The number of hydrogen-bond acceptors (Lipinski definition) is 2. The zero-order chi connectivity index (χ0) is 12.7. The van der Waals surface area contributed by atoms with Gasteiger partial charge in [0.05, 0.1) is 0 Å². The number of halogens is 2. The number of carbonyl (C=O) groups is 1. The van der Waals surface area contributed by atoms with Gasteiger partial charge in [-0.15, -0.1) is 0 Å². The monoisotopic (exact) mass is 301 g/mol. The summed E-state index contributed by atoms with van der Waals surface area (Å²) in [5, 5.41) is 0. The number of benzene rings is 1. The molecule has 94 valence electrons. The minimum Gasteiger partial charge on any atom is -0.330 e. The molecule has 0 atom stereocenters. The molecule has 0 aliphatic heterocycles. The summed E-state index contributed by atoms with van der Waals surface area (Å²) >= 11 is 3.18. The SMILES string of the molecule is NCCCCCC(=O)Cc1ccc(Br)cc1F. The van der Waals surface area contributed by atoms with Crippen molar-refractivity contribution in [3.05, 3.63) is 34.1 Å². The summed E-state index contributed by atoms with van der Waals surface area (Å²) in [5.74, 6) is -0.238. The summed E-state index contributed by atoms with van der Waals surface area (Å²) in [7, 11) is 0. The Hall–Kier alpha value is -0.740. The summed E-state index contributed by atoms with van der Waals surface area (Å²) < 4.78 is 14.1. The lowest BCUT2D eigenvalue weighted by Gasteiger charge is -2.03. The second-order valence-corrected chi connectivity index (χ2v) is 4.97. The molecule has 0 unspecified atom stereocenters. The molecular formula is C13H17BrFNO. The first-order valence-electron chi connectivity index (χ1n) is 5.79. The molecule has 0 aliphatic carbocycles. The van der Waals surface area contributed by atoms with Crippen molar-refractivity contribution in [1.82, 2.24) is 0 Å². The van der Waals surface area contributed by atoms with Gasteiger partial charge in [0, 0.05) is 17.3 Å². The highest BCUT2D eigenvalue weighted by atomic mass is 79.9. The van der Waals surface area contributed by atoms with E-state index in [1.165, 1.54) is 6.07 Å². The molecule has 0 amide bonds. The van der Waals surface area contributed by atoms with Crippen molar-refractivity contribution in [3.8, 4) is 0 Å². The molecule has 0 saturated carbocycles. The first-order chi connectivity index (χ1) is 8.13. The fourth-order valence-corrected chi connectivity index (χ4v) is 1.94. The van der Waals surface area contributed by atoms with Crippen molar-refractivity contribution in [2.24, 2.45) is 5.73 Å². The molecule has 0 spiro atoms. The molecule has 1 aromatic carbocycles. The summed E-state index contributed by atoms with van der Waals surface area (Å²) in [6, 6.07) is 4.79. The molecule has 2 N–H and O–H groups in total. The number of hydrogen-bond donors (Lipinski definition) is 1. The lowest BCUT2D eigenvalue weighted by Crippen LogP contribution is -2.05. The quantitative estimate of drug-likeness (QED) is 0.786. The van der Waals surface area contributed by atoms with E-state index < -0.39 is 0 Å². The predicted octanol–water partition coefficient (Wildman–Crippen LogP) is 3.22. The Kier molecular flexibility index (Phi) is 6.37. The fraction of sp³-hybridized carbons (Fsp3) is 0.462. The molecule has 0 radical (unpaired) electrons. The van der Waals surface area contributed by atoms with Gasteiger partial charge in [-0.3, -0.25) is 4.79 Å². The summed E-state index contributed by atoms with van der Waals surface area (Å²) in [5.41, 5.74) is 5.83. The van der Waals surface area contributed by atoms with E-state index in [1.807, 2.05) is 0 Å². The average molecular weight is 302 g/mol. The third-order valence-corrected chi connectivity index (χ3v) is 3.06. The Bertz CT molecular complexity index is 382. The molecule has 17 heavy (non-hydrogen) atoms. The number of unbranched alkanes of at least 4 members (excludes halogenated alkanes) is 2. The molecular weight excluding hydrogens is 285 g/mol. The van der Waals surface area contributed by atoms with Gasteiger partial charge in [-0.05, 0) is 37.1 Å². The van der Waals surface area contributed by atoms with Crippen molar-refractivity contribution in [3.63, 3.8) is 0 Å². The van der Waals surface area contributed by atoms with Gasteiger partial charge in [0.15, 0.2) is 0 Å². The lowest BCUT2D eigenvalue weighted by molar-refractivity contribution is -0.118. The van der Waals surface area contributed by atoms with Crippen LogP contribution in [-0.4, -0.2) is 12.3 Å². The average Bonchev–Trinajstić information content (AvgIpc) is 2.28. The first kappa shape index (κ1) is 14.3. The molecule has 1 rings (SSSR count). The zero-order valence-electron chi connectivity index (χ0n) is 9.72. The van der Waals surface area contributed by atoms with Crippen LogP contribution >= 0.6 is 15.9 Å². The standard InChI is InChI=1S/C13H17BrFNO/c14-11-6-5-10(13(15)9-11)8-12(17)4-2-1-3-7-16/h5-6,9H,1-4,7-8,16H2. The van der Waals surface area contributed by atoms with Crippen LogP contribution < -0.4 is 5.73 Å². The predicted molar refractivity (Wildman–Crippen MR) is 70.3 cm³/mol. The van der Waals surface area contributed by atoms with Gasteiger partial charge in [-0.25, -0.2) is 4.39 Å². The van der Waals surface area contributed by atoms with Crippen LogP contribution in [0.1, 0.15) is 31.2 Å². The maximum atomic E-state index is 13.5. The molecule has 4 heteroatoms. The molecule has 0 aliphatic rings. The third kappa shape index (κ3) is 5.41. The molecule has 0 bridgehead atoms. The van der Waals surface area contributed by atoms with Crippen molar-refractivity contribution in [2.45, 2.75) is 32.1 Å². The van der Waals surface area contributed by atoms with E-state index in [-0.39, 0.29) is 18.0 Å². The van der Waals surface area contributed by atoms with Gasteiger partial charge >= 0.3 is 0 Å². The van der Waals surface area contributed by atoms with E-state index in [2.05, 4.69) is 15.9 Å². The van der Waals surface area contributed by atoms with Crippen LogP contribution in [0.5, 0.6) is 0 Å². The molecule has 0 saturated heterocycles. The topological polar surface area (TPSA) is 43.1 Å². The largest absolute Gasteiger partial charge is 0.330 e. The first-order valence-corrected chi connectivity index (χ1v) is 6.58. The normalized spacial score (nSPS) is 10.5. The Morgan fingerprint density at radius 2 is 2.06 bits per heavy atom. The van der Waals surface area contributed by atoms with E-state index in [9.17, 15) is 9.18 Å². The van der Waals surface area contributed by atoms with Gasteiger partial charge in [0.2, 0.25) is 0 Å². The van der Waals surface area contributed by atoms with Crippen molar-refractivity contribution < 1.29 is 9.18 Å². The number of ketones is 1. The van der Waals surface area contributed by atoms with Crippen LogP contribution in [0, 0.1) is 5.82 Å². The molecule has 0 aromatic heterocycles. The van der Waals surface area contributed by atoms with E-state index in [0.717, 1.165) is 19.3 Å². The second-order valence-electron chi connectivity index (χ2n) is 4.05. The Morgan fingerprint density at radius 1 is 1.29 bits per heavy atom. The third-order valence-electron chi connectivity index (χ3n) is 2.56. The molecule has 1 aromatic rings. The highest BCUT2D eigenvalue weighted by Gasteiger charge is 2.08. The highest BCUT2D eigenvalue weighted by molar-refractivity contribution is 9.10. The number of nitrogens with two attached hydrogens (primary N) is 1. The Labute approximate surface area is 110 Å². The van der Waals surface area contributed by atoms with Gasteiger partial charge < -0.3 is 5.73 Å². The minimum absolute atomic E-state index is 0.0863. The van der Waals surface area contributed by atoms with E-state index in [4.69, 9.17) is 5.73 Å². The smallest absolute Gasteiger partial charge is 0.137 e. The van der Waals surface area contributed by atoms with Crippen LogP contribution in [0.3, 0.4) is 0 Å². The fourth-order valence-electron chi connectivity index (χ4n) is 1.61. The maximum Gasteiger partial charge on any atom is 0.137 e. The van der Waals surface area contributed by atoms with E-state index >= 15 is 0 Å². The molecule has 2 nitrogen and oxygen atoms in total. The van der Waals surface area contributed by atoms with Crippen molar-refractivity contribution in [2.75, 3.05) is 6.54 Å². The highest BCUT2D eigenvalue weighted by Crippen LogP contribution is 2.16. The van der Waals surface area contributed by atoms with Crippen LogP contribution in [0.15, 0.2) is 22.7 Å². The summed E-state index contributed by atoms with van der Waals surface area (Å²) in [6.07, 6.45) is 3.44.